The van der Waals surface area contributed by atoms with Crippen molar-refractivity contribution in [2.75, 3.05) is 39.7 Å². The molecule has 0 aliphatic heterocycles. The van der Waals surface area contributed by atoms with Crippen LogP contribution >= 0.6 is 0 Å². The summed E-state index contributed by atoms with van der Waals surface area (Å²) in [6, 6.07) is 2.62. The molecule has 1 aromatic rings. The van der Waals surface area contributed by atoms with Crippen molar-refractivity contribution in [3.8, 4) is 0 Å². The van der Waals surface area contributed by atoms with Gasteiger partial charge in [-0.1, -0.05) is 0 Å². The van der Waals surface area contributed by atoms with E-state index in [1.165, 1.54) is 24.3 Å². The number of aliphatic hydroxyl groups excluding tert-OH is 1. The van der Waals surface area contributed by atoms with Gasteiger partial charge >= 0.3 is 6.03 Å². The van der Waals surface area contributed by atoms with Gasteiger partial charge in [0.25, 0.3) is 5.91 Å². The fourth-order valence-electron chi connectivity index (χ4n) is 1.70. The van der Waals surface area contributed by atoms with E-state index in [9.17, 15) is 9.59 Å². The molecule has 1 rings (SSSR count). The first-order chi connectivity index (χ1) is 10.5. The highest BCUT2D eigenvalue weighted by atomic mass is 16.5. The van der Waals surface area contributed by atoms with Crippen molar-refractivity contribution in [3.63, 3.8) is 0 Å². The Kier molecular flexibility index (Phi) is 7.27. The lowest BCUT2D eigenvalue weighted by Gasteiger charge is -2.15. The minimum Gasteiger partial charge on any atom is -0.396 e. The van der Waals surface area contributed by atoms with Gasteiger partial charge in [-0.25, -0.2) is 9.78 Å². The van der Waals surface area contributed by atoms with E-state index < -0.39 is 6.03 Å². The molecule has 1 atom stereocenters. The van der Waals surface area contributed by atoms with Crippen molar-refractivity contribution in [2.45, 2.75) is 12.5 Å². The third-order valence-corrected chi connectivity index (χ3v) is 2.93. The predicted molar refractivity (Wildman–Crippen MR) is 81.8 cm³/mol. The largest absolute Gasteiger partial charge is 0.396 e. The molecule has 3 N–H and O–H groups in total. The van der Waals surface area contributed by atoms with Gasteiger partial charge in [-0.05, 0) is 18.6 Å². The molecular formula is C14H22N4O4. The van der Waals surface area contributed by atoms with E-state index in [1.54, 1.807) is 20.2 Å². The molecule has 0 saturated heterocycles. The number of urea groups is 1. The number of hydrogen-bond donors (Lipinski definition) is 3. The number of aromatic nitrogens is 1. The van der Waals surface area contributed by atoms with Gasteiger partial charge in [0.2, 0.25) is 0 Å². The van der Waals surface area contributed by atoms with Crippen molar-refractivity contribution in [1.29, 1.82) is 0 Å². The maximum atomic E-state index is 11.8. The van der Waals surface area contributed by atoms with E-state index in [4.69, 9.17) is 9.84 Å². The average Bonchev–Trinajstić information content (AvgIpc) is 2.50. The summed E-state index contributed by atoms with van der Waals surface area (Å²) in [6.07, 6.45) is 1.63. The van der Waals surface area contributed by atoms with E-state index in [1.807, 2.05) is 0 Å². The van der Waals surface area contributed by atoms with E-state index >= 15 is 0 Å². The molecule has 0 spiro atoms. The molecule has 8 nitrogen and oxygen atoms in total. The minimum atomic E-state index is -0.457. The molecule has 0 radical (unpaired) electrons. The number of carbonyl (C=O) groups is 2. The molecule has 0 aliphatic rings. The molecule has 0 bridgehead atoms. The molecule has 8 heteroatoms. The summed E-state index contributed by atoms with van der Waals surface area (Å²) in [4.78, 5) is 29.0. The lowest BCUT2D eigenvalue weighted by molar-refractivity contribution is 0.0791. The number of rotatable bonds is 7. The van der Waals surface area contributed by atoms with Gasteiger partial charge in [-0.15, -0.1) is 0 Å². The summed E-state index contributed by atoms with van der Waals surface area (Å²) in [5.74, 6) is 0.106. The Morgan fingerprint density at radius 2 is 2.18 bits per heavy atom. The number of nitrogens with zero attached hydrogens (tertiary/aromatic N) is 2. The van der Waals surface area contributed by atoms with Crippen molar-refractivity contribution in [1.82, 2.24) is 15.2 Å². The van der Waals surface area contributed by atoms with E-state index in [0.717, 1.165) is 0 Å². The van der Waals surface area contributed by atoms with Crippen molar-refractivity contribution in [3.05, 3.63) is 23.9 Å². The maximum Gasteiger partial charge on any atom is 0.320 e. The van der Waals surface area contributed by atoms with E-state index in [0.29, 0.717) is 12.0 Å². The van der Waals surface area contributed by atoms with Gasteiger partial charge in [-0.3, -0.25) is 10.1 Å². The number of pyridine rings is 1. The van der Waals surface area contributed by atoms with Crippen LogP contribution in [0, 0.1) is 0 Å². The van der Waals surface area contributed by atoms with Crippen LogP contribution in [-0.2, 0) is 4.74 Å². The summed E-state index contributed by atoms with van der Waals surface area (Å²) < 4.78 is 5.10. The lowest BCUT2D eigenvalue weighted by atomic mass is 10.2. The highest BCUT2D eigenvalue weighted by Gasteiger charge is 2.12. The molecule has 1 heterocycles. The van der Waals surface area contributed by atoms with Gasteiger partial charge < -0.3 is 20.1 Å². The number of aliphatic hydroxyl groups is 1. The molecule has 0 saturated carbocycles. The Bertz CT molecular complexity index is 507. The van der Waals surface area contributed by atoms with Crippen LogP contribution in [-0.4, -0.2) is 67.4 Å². The number of anilines is 1. The maximum absolute atomic E-state index is 11.8. The first-order valence-electron chi connectivity index (χ1n) is 6.84. The number of ether oxygens (including phenoxy) is 1. The van der Waals surface area contributed by atoms with Gasteiger partial charge in [0, 0.05) is 46.1 Å². The molecule has 1 unspecified atom stereocenters. The standard InChI is InChI=1S/C14H22N4O4/c1-18(2)13(20)10-4-6-15-12(8-10)17-14(21)16-9-11(22-3)5-7-19/h4,6,8,11,19H,5,7,9H2,1-3H3,(H2,15,16,17,21). The third kappa shape index (κ3) is 5.66. The zero-order chi connectivity index (χ0) is 16.5. The lowest BCUT2D eigenvalue weighted by Crippen LogP contribution is -2.36. The average molecular weight is 310 g/mol. The Morgan fingerprint density at radius 3 is 2.77 bits per heavy atom. The van der Waals surface area contributed by atoms with Crippen LogP contribution in [0.25, 0.3) is 0 Å². The van der Waals surface area contributed by atoms with Crippen LogP contribution in [0.2, 0.25) is 0 Å². The molecule has 22 heavy (non-hydrogen) atoms. The van der Waals surface area contributed by atoms with Crippen molar-refractivity contribution < 1.29 is 19.4 Å². The molecule has 0 aliphatic carbocycles. The van der Waals surface area contributed by atoms with Crippen LogP contribution in [0.15, 0.2) is 18.3 Å². The first kappa shape index (κ1) is 17.9. The quantitative estimate of drug-likeness (QED) is 0.672. The van der Waals surface area contributed by atoms with Crippen LogP contribution in [0.1, 0.15) is 16.8 Å². The Balaban J connectivity index is 2.57. The highest BCUT2D eigenvalue weighted by Crippen LogP contribution is 2.08. The summed E-state index contributed by atoms with van der Waals surface area (Å²) >= 11 is 0. The Morgan fingerprint density at radius 1 is 1.45 bits per heavy atom. The summed E-state index contributed by atoms with van der Waals surface area (Å²) in [6.45, 7) is 0.247. The second kappa shape index (κ2) is 8.96. The first-order valence-corrected chi connectivity index (χ1v) is 6.84. The summed E-state index contributed by atoms with van der Waals surface area (Å²) in [5, 5.41) is 14.0. The molecule has 122 valence electrons. The highest BCUT2D eigenvalue weighted by molar-refractivity contribution is 5.95. The Hall–Kier alpha value is -2.19. The monoisotopic (exact) mass is 310 g/mol. The topological polar surface area (TPSA) is 104 Å². The molecule has 0 aromatic carbocycles. The zero-order valence-corrected chi connectivity index (χ0v) is 13.0. The van der Waals surface area contributed by atoms with Gasteiger partial charge in [0.05, 0.1) is 6.10 Å². The second-order valence-electron chi connectivity index (χ2n) is 4.83. The normalized spacial score (nSPS) is 11.6. The smallest absolute Gasteiger partial charge is 0.320 e. The number of amides is 3. The van der Waals surface area contributed by atoms with Gasteiger partial charge in [0.15, 0.2) is 0 Å². The van der Waals surface area contributed by atoms with Gasteiger partial charge in [0.1, 0.15) is 5.82 Å². The van der Waals surface area contributed by atoms with Gasteiger partial charge in [-0.2, -0.15) is 0 Å². The van der Waals surface area contributed by atoms with E-state index in [-0.39, 0.29) is 31.0 Å². The van der Waals surface area contributed by atoms with Crippen molar-refractivity contribution >= 4 is 17.8 Å². The third-order valence-electron chi connectivity index (χ3n) is 2.93. The number of hydrogen-bond acceptors (Lipinski definition) is 5. The summed E-state index contributed by atoms with van der Waals surface area (Å²) in [5.41, 5.74) is 0.436. The SMILES string of the molecule is COC(CCO)CNC(=O)Nc1cc(C(=O)N(C)C)ccn1. The van der Waals surface area contributed by atoms with Crippen LogP contribution in [0.5, 0.6) is 0 Å². The van der Waals surface area contributed by atoms with Crippen LogP contribution in [0.3, 0.4) is 0 Å². The number of carbonyl (C=O) groups excluding carboxylic acids is 2. The van der Waals surface area contributed by atoms with E-state index in [2.05, 4.69) is 15.6 Å². The fourth-order valence-corrected chi connectivity index (χ4v) is 1.70. The molecule has 1 aromatic heterocycles. The van der Waals surface area contributed by atoms with Crippen LogP contribution in [0.4, 0.5) is 10.6 Å². The minimum absolute atomic E-state index is 0.0158. The summed E-state index contributed by atoms with van der Waals surface area (Å²) in [7, 11) is 4.81. The van der Waals surface area contributed by atoms with Crippen LogP contribution < -0.4 is 10.6 Å². The predicted octanol–water partition coefficient (Wildman–Crippen LogP) is 0.302. The van der Waals surface area contributed by atoms with Crippen molar-refractivity contribution in [2.24, 2.45) is 0 Å². The number of nitrogens with one attached hydrogen (secondary N) is 2. The Labute approximate surface area is 129 Å². The molecule has 0 fully saturated rings. The fraction of sp³-hybridized carbons (Fsp3) is 0.500. The zero-order valence-electron chi connectivity index (χ0n) is 13.0. The molecule has 3 amide bonds. The number of methoxy groups -OCH3 is 1. The second-order valence-corrected chi connectivity index (χ2v) is 4.83. The molecular weight excluding hydrogens is 288 g/mol.